The van der Waals surface area contributed by atoms with Crippen LogP contribution in [-0.2, 0) is 0 Å². The van der Waals surface area contributed by atoms with Crippen LogP contribution in [0, 0.1) is 5.92 Å². The maximum Gasteiger partial charge on any atom is 0.208 e. The van der Waals surface area contributed by atoms with Gasteiger partial charge >= 0.3 is 0 Å². The molecular formula is C10H24N4. The van der Waals surface area contributed by atoms with E-state index >= 15 is 0 Å². The van der Waals surface area contributed by atoms with Crippen molar-refractivity contribution in [2.45, 2.75) is 33.6 Å². The Bertz CT molecular complexity index is 164. The number of aliphatic imine (C=N–C) groups is 1. The van der Waals surface area contributed by atoms with Crippen LogP contribution in [0.5, 0.6) is 0 Å². The zero-order valence-corrected chi connectivity index (χ0v) is 9.88. The molecule has 0 saturated carbocycles. The van der Waals surface area contributed by atoms with Gasteiger partial charge in [0.25, 0.3) is 0 Å². The van der Waals surface area contributed by atoms with Gasteiger partial charge in [0.1, 0.15) is 0 Å². The average molecular weight is 200 g/mol. The highest BCUT2D eigenvalue weighted by Crippen LogP contribution is 2.09. The lowest BCUT2D eigenvalue weighted by Gasteiger charge is -2.27. The predicted octanol–water partition coefficient (Wildman–Crippen LogP) is 1.19. The molecule has 4 heteroatoms. The number of hydrogen-bond donors (Lipinski definition) is 2. The van der Waals surface area contributed by atoms with Crippen molar-refractivity contribution in [3.05, 3.63) is 0 Å². The van der Waals surface area contributed by atoms with Gasteiger partial charge in [-0.25, -0.2) is 5.84 Å². The second kappa shape index (κ2) is 7.62. The van der Waals surface area contributed by atoms with E-state index in [2.05, 4.69) is 36.1 Å². The molecule has 0 aromatic heterocycles. The molecule has 0 aliphatic carbocycles. The second-order valence-electron chi connectivity index (χ2n) is 3.41. The van der Waals surface area contributed by atoms with Crippen molar-refractivity contribution >= 4 is 5.96 Å². The van der Waals surface area contributed by atoms with Gasteiger partial charge in [0.15, 0.2) is 0 Å². The lowest BCUT2D eigenvalue weighted by molar-refractivity contribution is 0.326. The second-order valence-corrected chi connectivity index (χ2v) is 3.41. The maximum absolute atomic E-state index is 5.40. The van der Waals surface area contributed by atoms with E-state index in [0.717, 1.165) is 25.0 Å². The van der Waals surface area contributed by atoms with E-state index in [9.17, 15) is 0 Å². The Morgan fingerprint density at radius 1 is 1.36 bits per heavy atom. The molecule has 0 radical (unpaired) electrons. The molecule has 0 bridgehead atoms. The summed E-state index contributed by atoms with van der Waals surface area (Å²) in [5, 5.41) is 0. The SMILES string of the molecule is CCC(CC)CN(CC)C(=NC)NN. The Balaban J connectivity index is 4.26. The van der Waals surface area contributed by atoms with Crippen LogP contribution >= 0.6 is 0 Å². The van der Waals surface area contributed by atoms with Crippen LogP contribution in [0.1, 0.15) is 33.6 Å². The number of nitrogens with zero attached hydrogens (tertiary/aromatic N) is 2. The summed E-state index contributed by atoms with van der Waals surface area (Å²) in [6.45, 7) is 8.53. The minimum atomic E-state index is 0.722. The van der Waals surface area contributed by atoms with Crippen LogP contribution in [0.25, 0.3) is 0 Å². The van der Waals surface area contributed by atoms with Crippen LogP contribution < -0.4 is 11.3 Å². The smallest absolute Gasteiger partial charge is 0.208 e. The summed E-state index contributed by atoms with van der Waals surface area (Å²) in [4.78, 5) is 6.28. The van der Waals surface area contributed by atoms with Crippen molar-refractivity contribution in [1.29, 1.82) is 0 Å². The minimum Gasteiger partial charge on any atom is -0.342 e. The van der Waals surface area contributed by atoms with Gasteiger partial charge in [0.05, 0.1) is 0 Å². The number of hydrogen-bond acceptors (Lipinski definition) is 2. The molecule has 0 aliphatic heterocycles. The van der Waals surface area contributed by atoms with Gasteiger partial charge in [-0.2, -0.15) is 0 Å². The summed E-state index contributed by atoms with van der Waals surface area (Å²) >= 11 is 0. The number of nitrogens with one attached hydrogen (secondary N) is 1. The van der Waals surface area contributed by atoms with Crippen molar-refractivity contribution in [3.63, 3.8) is 0 Å². The van der Waals surface area contributed by atoms with Crippen molar-refractivity contribution < 1.29 is 0 Å². The van der Waals surface area contributed by atoms with Gasteiger partial charge in [-0.1, -0.05) is 26.7 Å². The quantitative estimate of drug-likeness (QED) is 0.303. The van der Waals surface area contributed by atoms with Gasteiger partial charge in [-0.05, 0) is 12.8 Å². The van der Waals surface area contributed by atoms with Crippen LogP contribution in [0.2, 0.25) is 0 Å². The van der Waals surface area contributed by atoms with E-state index < -0.39 is 0 Å². The molecule has 0 amide bonds. The van der Waals surface area contributed by atoms with Crippen LogP contribution in [-0.4, -0.2) is 31.0 Å². The minimum absolute atomic E-state index is 0.722. The highest BCUT2D eigenvalue weighted by Gasteiger charge is 2.12. The van der Waals surface area contributed by atoms with Crippen LogP contribution in [0.4, 0.5) is 0 Å². The number of nitrogens with two attached hydrogens (primary N) is 1. The third kappa shape index (κ3) is 3.96. The highest BCUT2D eigenvalue weighted by atomic mass is 15.4. The lowest BCUT2D eigenvalue weighted by atomic mass is 10.0. The van der Waals surface area contributed by atoms with Gasteiger partial charge in [-0.3, -0.25) is 10.4 Å². The summed E-state index contributed by atoms with van der Waals surface area (Å²) in [6.07, 6.45) is 2.41. The Morgan fingerprint density at radius 3 is 2.21 bits per heavy atom. The fourth-order valence-electron chi connectivity index (χ4n) is 1.52. The fourth-order valence-corrected chi connectivity index (χ4v) is 1.52. The molecule has 14 heavy (non-hydrogen) atoms. The lowest BCUT2D eigenvalue weighted by Crippen LogP contribution is -2.46. The van der Waals surface area contributed by atoms with E-state index in [1.54, 1.807) is 7.05 Å². The van der Waals surface area contributed by atoms with Gasteiger partial charge in [0, 0.05) is 20.1 Å². The normalized spacial score (nSPS) is 12.0. The maximum atomic E-state index is 5.40. The summed E-state index contributed by atoms with van der Waals surface area (Å²) < 4.78 is 0. The highest BCUT2D eigenvalue weighted by molar-refractivity contribution is 5.79. The Hall–Kier alpha value is -0.770. The van der Waals surface area contributed by atoms with Crippen LogP contribution in [0.15, 0.2) is 4.99 Å². The van der Waals surface area contributed by atoms with E-state index in [1.165, 1.54) is 12.8 Å². The molecule has 3 N–H and O–H groups in total. The van der Waals surface area contributed by atoms with Gasteiger partial charge in [-0.15, -0.1) is 0 Å². The molecule has 0 spiro atoms. The van der Waals surface area contributed by atoms with E-state index in [-0.39, 0.29) is 0 Å². The largest absolute Gasteiger partial charge is 0.342 e. The number of hydrazine groups is 1. The summed E-state index contributed by atoms with van der Waals surface area (Å²) in [5.74, 6) is 6.90. The molecule has 0 aliphatic rings. The molecular weight excluding hydrogens is 176 g/mol. The zero-order valence-electron chi connectivity index (χ0n) is 9.88. The summed E-state index contributed by atoms with van der Waals surface area (Å²) in [6, 6.07) is 0. The Kier molecular flexibility index (Phi) is 7.20. The summed E-state index contributed by atoms with van der Waals surface area (Å²) in [7, 11) is 1.75. The van der Waals surface area contributed by atoms with Crippen molar-refractivity contribution in [3.8, 4) is 0 Å². The Morgan fingerprint density at radius 2 is 1.93 bits per heavy atom. The van der Waals surface area contributed by atoms with E-state index in [1.807, 2.05) is 0 Å². The zero-order chi connectivity index (χ0) is 11.0. The van der Waals surface area contributed by atoms with Gasteiger partial charge in [0.2, 0.25) is 5.96 Å². The molecule has 84 valence electrons. The first-order chi connectivity index (χ1) is 6.73. The molecule has 0 atom stereocenters. The average Bonchev–Trinajstić information content (AvgIpc) is 2.24. The van der Waals surface area contributed by atoms with Gasteiger partial charge < -0.3 is 4.90 Å². The first-order valence-electron chi connectivity index (χ1n) is 5.41. The summed E-state index contributed by atoms with van der Waals surface area (Å²) in [5.41, 5.74) is 2.63. The number of rotatable bonds is 5. The Labute approximate surface area is 87.5 Å². The molecule has 0 rings (SSSR count). The first-order valence-corrected chi connectivity index (χ1v) is 5.41. The van der Waals surface area contributed by atoms with E-state index in [0.29, 0.717) is 0 Å². The molecule has 0 fully saturated rings. The van der Waals surface area contributed by atoms with Crippen LogP contribution in [0.3, 0.4) is 0 Å². The molecule has 0 heterocycles. The molecule has 0 aromatic rings. The molecule has 0 aromatic carbocycles. The standard InChI is InChI=1S/C10H24N4/c1-5-9(6-2)8-14(7-3)10(12-4)13-11/h9H,5-8,11H2,1-4H3,(H,12,13). The number of guanidine groups is 1. The van der Waals surface area contributed by atoms with E-state index in [4.69, 9.17) is 5.84 Å². The van der Waals surface area contributed by atoms with Crippen molar-refractivity contribution in [1.82, 2.24) is 10.3 Å². The van der Waals surface area contributed by atoms with Crippen molar-refractivity contribution in [2.24, 2.45) is 16.8 Å². The third-order valence-corrected chi connectivity index (χ3v) is 2.66. The molecule has 0 saturated heterocycles. The third-order valence-electron chi connectivity index (χ3n) is 2.66. The predicted molar refractivity (Wildman–Crippen MR) is 62.0 cm³/mol. The molecule has 0 unspecified atom stereocenters. The topological polar surface area (TPSA) is 53.6 Å². The monoisotopic (exact) mass is 200 g/mol. The molecule has 4 nitrogen and oxygen atoms in total. The first kappa shape index (κ1) is 13.2. The van der Waals surface area contributed by atoms with Crippen molar-refractivity contribution in [2.75, 3.05) is 20.1 Å². The fraction of sp³-hybridized carbons (Fsp3) is 0.900.